The molecular formula is C17H21Cl2N3O2. The zero-order valence-corrected chi connectivity index (χ0v) is 15.9. The number of anilines is 1. The van der Waals surface area contributed by atoms with Crippen molar-refractivity contribution in [3.05, 3.63) is 40.0 Å². The predicted molar refractivity (Wildman–Crippen MR) is 97.1 cm³/mol. The molecule has 0 saturated heterocycles. The number of hydrogen-bond donors (Lipinski definition) is 1. The molecule has 0 aliphatic carbocycles. The summed E-state index contributed by atoms with van der Waals surface area (Å²) in [5, 5.41) is 7.94. The summed E-state index contributed by atoms with van der Waals surface area (Å²) in [7, 11) is 0. The molecule has 1 aromatic heterocycles. The summed E-state index contributed by atoms with van der Waals surface area (Å²) < 4.78 is 7.41. The molecule has 1 N–H and O–H groups in total. The van der Waals surface area contributed by atoms with Crippen molar-refractivity contribution >= 4 is 34.9 Å². The summed E-state index contributed by atoms with van der Waals surface area (Å²) in [6.07, 6.45) is -0.746. The summed E-state index contributed by atoms with van der Waals surface area (Å²) in [6.45, 7) is 9.57. The van der Waals surface area contributed by atoms with Crippen LogP contribution in [0.25, 0.3) is 0 Å². The fraction of sp³-hybridized carbons (Fsp3) is 0.412. The first-order valence-corrected chi connectivity index (χ1v) is 8.34. The van der Waals surface area contributed by atoms with Crippen molar-refractivity contribution in [3.8, 4) is 5.75 Å². The average molecular weight is 370 g/mol. The van der Waals surface area contributed by atoms with E-state index in [1.165, 1.54) is 0 Å². The van der Waals surface area contributed by atoms with Gasteiger partial charge in [0.25, 0.3) is 5.91 Å². The molecule has 1 heterocycles. The molecule has 0 spiro atoms. The number of carbonyl (C=O) groups is 1. The number of nitrogens with one attached hydrogen (secondary N) is 1. The number of rotatable bonds is 4. The Morgan fingerprint density at radius 2 is 2.00 bits per heavy atom. The monoisotopic (exact) mass is 369 g/mol. The summed E-state index contributed by atoms with van der Waals surface area (Å²) in [6, 6.07) is 6.86. The van der Waals surface area contributed by atoms with E-state index in [9.17, 15) is 4.79 Å². The third-order valence-corrected chi connectivity index (χ3v) is 4.11. The number of nitrogens with zero attached hydrogens (tertiary/aromatic N) is 2. The highest BCUT2D eigenvalue weighted by Crippen LogP contribution is 2.32. The SMILES string of the molecule is Cc1cc(NC(=O)C(C)Oc2cccc(Cl)c2Cl)n(C(C)(C)C)n1. The van der Waals surface area contributed by atoms with Gasteiger partial charge in [0, 0.05) is 6.07 Å². The van der Waals surface area contributed by atoms with E-state index in [4.69, 9.17) is 27.9 Å². The van der Waals surface area contributed by atoms with Crippen molar-refractivity contribution in [2.75, 3.05) is 5.32 Å². The number of amides is 1. The molecule has 0 radical (unpaired) electrons. The Kier molecular flexibility index (Phi) is 5.45. The van der Waals surface area contributed by atoms with Crippen molar-refractivity contribution in [3.63, 3.8) is 0 Å². The number of ether oxygens (including phenoxy) is 1. The maximum atomic E-state index is 12.4. The second-order valence-corrected chi connectivity index (χ2v) is 7.34. The lowest BCUT2D eigenvalue weighted by molar-refractivity contribution is -0.122. The van der Waals surface area contributed by atoms with Gasteiger partial charge in [-0.15, -0.1) is 0 Å². The molecule has 0 fully saturated rings. The molecule has 2 aromatic rings. The summed E-state index contributed by atoms with van der Waals surface area (Å²) in [5.74, 6) is 0.696. The first kappa shape index (κ1) is 18.6. The molecule has 0 aliphatic rings. The van der Waals surface area contributed by atoms with E-state index >= 15 is 0 Å². The van der Waals surface area contributed by atoms with Gasteiger partial charge >= 0.3 is 0 Å². The third-order valence-electron chi connectivity index (χ3n) is 3.31. The number of aryl methyl sites for hydroxylation is 1. The molecule has 1 unspecified atom stereocenters. The van der Waals surface area contributed by atoms with E-state index in [0.717, 1.165) is 5.69 Å². The number of benzene rings is 1. The average Bonchev–Trinajstić information content (AvgIpc) is 2.84. The van der Waals surface area contributed by atoms with E-state index < -0.39 is 6.10 Å². The summed E-state index contributed by atoms with van der Waals surface area (Å²) in [4.78, 5) is 12.4. The lowest BCUT2D eigenvalue weighted by Crippen LogP contribution is -2.33. The van der Waals surface area contributed by atoms with Crippen LogP contribution in [0.4, 0.5) is 5.82 Å². The van der Waals surface area contributed by atoms with Crippen LogP contribution in [0.1, 0.15) is 33.4 Å². The molecule has 2 rings (SSSR count). The second-order valence-electron chi connectivity index (χ2n) is 6.55. The summed E-state index contributed by atoms with van der Waals surface area (Å²) >= 11 is 12.0. The molecular weight excluding hydrogens is 349 g/mol. The van der Waals surface area contributed by atoms with Gasteiger partial charge < -0.3 is 10.1 Å². The first-order chi connectivity index (χ1) is 11.1. The van der Waals surface area contributed by atoms with Gasteiger partial charge in [-0.1, -0.05) is 29.3 Å². The van der Waals surface area contributed by atoms with E-state index in [1.807, 2.05) is 33.8 Å². The normalized spacial score (nSPS) is 12.8. The summed E-state index contributed by atoms with van der Waals surface area (Å²) in [5.41, 5.74) is 0.573. The van der Waals surface area contributed by atoms with Gasteiger partial charge in [0.05, 0.1) is 16.3 Å². The number of aromatic nitrogens is 2. The molecule has 0 bridgehead atoms. The highest BCUT2D eigenvalue weighted by atomic mass is 35.5. The van der Waals surface area contributed by atoms with Crippen LogP contribution in [-0.2, 0) is 10.3 Å². The third kappa shape index (κ3) is 4.22. The zero-order valence-electron chi connectivity index (χ0n) is 14.4. The Bertz CT molecular complexity index is 751. The standard InChI is InChI=1S/C17H21Cl2N3O2/c1-10-9-14(22(21-10)17(3,4)5)20-16(23)11(2)24-13-8-6-7-12(18)15(13)19/h6-9,11H,1-5H3,(H,20,23). The van der Waals surface area contributed by atoms with Gasteiger partial charge in [0.2, 0.25) is 0 Å². The Labute approximate surface area is 151 Å². The molecule has 1 atom stereocenters. The van der Waals surface area contributed by atoms with Gasteiger partial charge in [0.15, 0.2) is 6.10 Å². The molecule has 130 valence electrons. The highest BCUT2D eigenvalue weighted by Gasteiger charge is 2.23. The van der Waals surface area contributed by atoms with E-state index in [2.05, 4.69) is 10.4 Å². The molecule has 24 heavy (non-hydrogen) atoms. The van der Waals surface area contributed by atoms with Gasteiger partial charge in [-0.3, -0.25) is 4.79 Å². The maximum Gasteiger partial charge on any atom is 0.266 e. The molecule has 0 saturated carbocycles. The molecule has 0 aliphatic heterocycles. The fourth-order valence-corrected chi connectivity index (χ4v) is 2.48. The maximum absolute atomic E-state index is 12.4. The van der Waals surface area contributed by atoms with Crippen molar-refractivity contribution in [2.45, 2.75) is 46.3 Å². The van der Waals surface area contributed by atoms with Crippen LogP contribution in [0.2, 0.25) is 10.0 Å². The Morgan fingerprint density at radius 1 is 1.33 bits per heavy atom. The van der Waals surface area contributed by atoms with Gasteiger partial charge in [-0.05, 0) is 46.8 Å². The molecule has 1 aromatic carbocycles. The van der Waals surface area contributed by atoms with Crippen LogP contribution < -0.4 is 10.1 Å². The van der Waals surface area contributed by atoms with Crippen LogP contribution in [0.15, 0.2) is 24.3 Å². The molecule has 5 nitrogen and oxygen atoms in total. The minimum absolute atomic E-state index is 0.253. The predicted octanol–water partition coefficient (Wildman–Crippen LogP) is 4.66. The van der Waals surface area contributed by atoms with Crippen LogP contribution in [0, 0.1) is 6.92 Å². The Balaban J connectivity index is 2.14. The number of halogens is 2. The Hall–Kier alpha value is -1.72. The minimum atomic E-state index is -0.746. The first-order valence-electron chi connectivity index (χ1n) is 7.58. The van der Waals surface area contributed by atoms with Crippen molar-refractivity contribution in [1.82, 2.24) is 9.78 Å². The van der Waals surface area contributed by atoms with Crippen LogP contribution in [-0.4, -0.2) is 21.8 Å². The quantitative estimate of drug-likeness (QED) is 0.852. The lowest BCUT2D eigenvalue weighted by atomic mass is 10.1. The van der Waals surface area contributed by atoms with E-state index in [1.54, 1.807) is 29.8 Å². The van der Waals surface area contributed by atoms with Gasteiger partial charge in [-0.2, -0.15) is 5.10 Å². The Morgan fingerprint density at radius 3 is 2.62 bits per heavy atom. The largest absolute Gasteiger partial charge is 0.479 e. The van der Waals surface area contributed by atoms with Crippen molar-refractivity contribution in [2.24, 2.45) is 0 Å². The topological polar surface area (TPSA) is 56.1 Å². The highest BCUT2D eigenvalue weighted by molar-refractivity contribution is 6.42. The van der Waals surface area contributed by atoms with Gasteiger partial charge in [0.1, 0.15) is 16.6 Å². The van der Waals surface area contributed by atoms with Crippen LogP contribution in [0.5, 0.6) is 5.75 Å². The van der Waals surface area contributed by atoms with Gasteiger partial charge in [-0.25, -0.2) is 4.68 Å². The van der Waals surface area contributed by atoms with Crippen molar-refractivity contribution < 1.29 is 9.53 Å². The van der Waals surface area contributed by atoms with E-state index in [-0.39, 0.29) is 16.5 Å². The lowest BCUT2D eigenvalue weighted by Gasteiger charge is -2.23. The second kappa shape index (κ2) is 7.03. The van der Waals surface area contributed by atoms with Crippen LogP contribution >= 0.6 is 23.2 Å². The zero-order chi connectivity index (χ0) is 18.1. The van der Waals surface area contributed by atoms with Crippen LogP contribution in [0.3, 0.4) is 0 Å². The smallest absolute Gasteiger partial charge is 0.266 e. The van der Waals surface area contributed by atoms with Crippen molar-refractivity contribution in [1.29, 1.82) is 0 Å². The molecule has 7 heteroatoms. The van der Waals surface area contributed by atoms with E-state index in [0.29, 0.717) is 16.6 Å². The molecule has 1 amide bonds. The fourth-order valence-electron chi connectivity index (χ4n) is 2.15. The number of carbonyl (C=O) groups excluding carboxylic acids is 1. The number of hydrogen-bond acceptors (Lipinski definition) is 3. The minimum Gasteiger partial charge on any atom is -0.479 e.